The summed E-state index contributed by atoms with van der Waals surface area (Å²) >= 11 is 17.7. The fraction of sp³-hybridized carbons (Fsp3) is 0.182. The Morgan fingerprint density at radius 3 is 2.29 bits per heavy atom. The largest absolute Gasteiger partial charge is 0.459 e. The second-order valence-electron chi connectivity index (χ2n) is 7.52. The molecule has 0 saturated carbocycles. The molecule has 2 heterocycles. The van der Waals surface area contributed by atoms with Crippen LogP contribution in [0.4, 0.5) is 18.0 Å². The maximum absolute atomic E-state index is 14.0. The van der Waals surface area contributed by atoms with E-state index in [2.05, 4.69) is 5.32 Å². The molecule has 1 saturated heterocycles. The summed E-state index contributed by atoms with van der Waals surface area (Å²) in [4.78, 5) is 25.4. The molecular formula is C22H14Cl3F3N2O4. The minimum absolute atomic E-state index is 0.156. The zero-order chi connectivity index (χ0) is 24.8. The molecule has 4 rings (SSSR count). The molecule has 0 spiro atoms. The fourth-order valence-electron chi connectivity index (χ4n) is 3.69. The lowest BCUT2D eigenvalue weighted by molar-refractivity contribution is -0.288. The average molecular weight is 534 g/mol. The van der Waals surface area contributed by atoms with Crippen molar-refractivity contribution < 1.29 is 32.3 Å². The predicted molar refractivity (Wildman–Crippen MR) is 119 cm³/mol. The van der Waals surface area contributed by atoms with Crippen LogP contribution >= 0.6 is 34.8 Å². The van der Waals surface area contributed by atoms with Crippen molar-refractivity contribution in [2.45, 2.75) is 17.9 Å². The molecule has 6 nitrogen and oxygen atoms in total. The molecule has 1 aliphatic rings. The predicted octanol–water partition coefficient (Wildman–Crippen LogP) is 6.01. The standard InChI is InChI=1S/C22H14Cl3F3N2O4/c23-12-4-1-10(2-5-12)19(31)17-18(29-20(32)30-21(17,33)22(26,27)28)16-8-7-15(34-16)11-3-6-13(24)14(25)9-11/h1-9,17-18,33H,(H2,29,30,32)/t17-,18-,21-/m1/s1. The summed E-state index contributed by atoms with van der Waals surface area (Å²) < 4.78 is 47.7. The zero-order valence-electron chi connectivity index (χ0n) is 16.8. The van der Waals surface area contributed by atoms with Crippen molar-refractivity contribution in [3.05, 3.63) is 81.0 Å². The number of rotatable bonds is 4. The van der Waals surface area contributed by atoms with Gasteiger partial charge in [0.15, 0.2) is 5.78 Å². The molecule has 2 amide bonds. The molecule has 2 aromatic carbocycles. The van der Waals surface area contributed by atoms with Crippen LogP contribution in [0, 0.1) is 5.92 Å². The van der Waals surface area contributed by atoms with Crippen LogP contribution in [0.3, 0.4) is 0 Å². The van der Waals surface area contributed by atoms with Gasteiger partial charge in [-0.2, -0.15) is 13.2 Å². The molecule has 1 aromatic heterocycles. The number of benzene rings is 2. The minimum atomic E-state index is -5.39. The molecule has 34 heavy (non-hydrogen) atoms. The van der Waals surface area contributed by atoms with Crippen LogP contribution in [0.15, 0.2) is 59.0 Å². The molecule has 0 unspecified atom stereocenters. The lowest BCUT2D eigenvalue weighted by Gasteiger charge is -2.44. The van der Waals surface area contributed by atoms with E-state index in [0.717, 1.165) is 0 Å². The first-order valence-corrected chi connectivity index (χ1v) is 10.8. The third-order valence-electron chi connectivity index (χ3n) is 5.35. The Hall–Kier alpha value is -2.72. The minimum Gasteiger partial charge on any atom is -0.459 e. The third kappa shape index (κ3) is 4.36. The SMILES string of the molecule is O=C1N[C@H](c2ccc(-c3ccc(Cl)c(Cl)c3)o2)[C@H](C(=O)c2ccc(Cl)cc2)[C@@](O)(C(F)(F)F)N1. The molecule has 0 bridgehead atoms. The van der Waals surface area contributed by atoms with Gasteiger partial charge in [0.05, 0.1) is 10.0 Å². The summed E-state index contributed by atoms with van der Waals surface area (Å²) in [5.41, 5.74) is -3.59. The monoisotopic (exact) mass is 532 g/mol. The van der Waals surface area contributed by atoms with Crippen LogP contribution < -0.4 is 10.6 Å². The number of carbonyl (C=O) groups is 2. The molecule has 0 radical (unpaired) electrons. The number of Topliss-reactive ketones (excluding diaryl/α,β-unsaturated/α-hetero) is 1. The van der Waals surface area contributed by atoms with Crippen molar-refractivity contribution in [1.29, 1.82) is 0 Å². The van der Waals surface area contributed by atoms with Gasteiger partial charge in [-0.1, -0.05) is 34.8 Å². The van der Waals surface area contributed by atoms with Crippen molar-refractivity contribution in [3.8, 4) is 11.3 Å². The summed E-state index contributed by atoms with van der Waals surface area (Å²) in [7, 11) is 0. The fourth-order valence-corrected chi connectivity index (χ4v) is 4.12. The highest BCUT2D eigenvalue weighted by atomic mass is 35.5. The lowest BCUT2D eigenvalue weighted by Crippen LogP contribution is -2.72. The van der Waals surface area contributed by atoms with E-state index in [9.17, 15) is 27.9 Å². The van der Waals surface area contributed by atoms with E-state index >= 15 is 0 Å². The summed E-state index contributed by atoms with van der Waals surface area (Å²) in [6.45, 7) is 0. The molecule has 12 heteroatoms. The average Bonchev–Trinajstić information content (AvgIpc) is 3.25. The lowest BCUT2D eigenvalue weighted by atomic mass is 9.79. The molecule has 1 fully saturated rings. The highest BCUT2D eigenvalue weighted by molar-refractivity contribution is 6.42. The Labute approximate surface area is 205 Å². The second kappa shape index (κ2) is 8.81. The number of hydrogen-bond donors (Lipinski definition) is 3. The summed E-state index contributed by atoms with van der Waals surface area (Å²) in [6.07, 6.45) is -5.39. The zero-order valence-corrected chi connectivity index (χ0v) is 19.1. The van der Waals surface area contributed by atoms with Gasteiger partial charge in [-0.25, -0.2) is 4.79 Å². The Balaban J connectivity index is 1.81. The van der Waals surface area contributed by atoms with Crippen molar-refractivity contribution in [2.75, 3.05) is 0 Å². The van der Waals surface area contributed by atoms with E-state index in [0.29, 0.717) is 5.56 Å². The normalized spacial score (nSPS) is 22.7. The van der Waals surface area contributed by atoms with Gasteiger partial charge in [-0.3, -0.25) is 4.79 Å². The van der Waals surface area contributed by atoms with Gasteiger partial charge >= 0.3 is 12.2 Å². The molecule has 3 atom stereocenters. The number of ketones is 1. The number of furan rings is 1. The maximum atomic E-state index is 14.0. The van der Waals surface area contributed by atoms with Crippen molar-refractivity contribution in [3.63, 3.8) is 0 Å². The molecule has 1 aliphatic heterocycles. The van der Waals surface area contributed by atoms with E-state index in [1.54, 1.807) is 6.07 Å². The van der Waals surface area contributed by atoms with Crippen LogP contribution in [0.1, 0.15) is 22.2 Å². The maximum Gasteiger partial charge on any atom is 0.437 e. The Bertz CT molecular complexity index is 1260. The van der Waals surface area contributed by atoms with E-state index < -0.39 is 35.7 Å². The van der Waals surface area contributed by atoms with E-state index in [1.165, 1.54) is 53.8 Å². The van der Waals surface area contributed by atoms with Gasteiger partial charge in [0.2, 0.25) is 5.72 Å². The highest BCUT2D eigenvalue weighted by Crippen LogP contribution is 2.45. The molecule has 3 N–H and O–H groups in total. The quantitative estimate of drug-likeness (QED) is 0.358. The first-order chi connectivity index (χ1) is 15.9. The van der Waals surface area contributed by atoms with E-state index in [-0.39, 0.29) is 32.2 Å². The summed E-state index contributed by atoms with van der Waals surface area (Å²) in [5.74, 6) is -3.33. The molecule has 3 aromatic rings. The van der Waals surface area contributed by atoms with E-state index in [1.807, 2.05) is 0 Å². The van der Waals surface area contributed by atoms with Crippen LogP contribution in [0.2, 0.25) is 15.1 Å². The molecule has 0 aliphatic carbocycles. The number of hydrogen-bond acceptors (Lipinski definition) is 4. The molecule has 178 valence electrons. The second-order valence-corrected chi connectivity index (χ2v) is 8.77. The van der Waals surface area contributed by atoms with Crippen molar-refractivity contribution >= 4 is 46.6 Å². The van der Waals surface area contributed by atoms with Gasteiger partial charge in [0.1, 0.15) is 23.5 Å². The first-order valence-electron chi connectivity index (χ1n) is 9.63. The van der Waals surface area contributed by atoms with Crippen LogP contribution in [-0.4, -0.2) is 28.8 Å². The van der Waals surface area contributed by atoms with E-state index in [4.69, 9.17) is 39.2 Å². The highest BCUT2D eigenvalue weighted by Gasteiger charge is 2.66. The van der Waals surface area contributed by atoms with Gasteiger partial charge in [0, 0.05) is 16.1 Å². The molecular weight excluding hydrogens is 520 g/mol. The Kier molecular flexibility index (Phi) is 6.32. The summed E-state index contributed by atoms with van der Waals surface area (Å²) in [6, 6.07) is 9.36. The van der Waals surface area contributed by atoms with Crippen molar-refractivity contribution in [2.24, 2.45) is 5.92 Å². The number of nitrogens with one attached hydrogen (secondary N) is 2. The van der Waals surface area contributed by atoms with Crippen LogP contribution in [0.5, 0.6) is 0 Å². The number of halogens is 6. The van der Waals surface area contributed by atoms with Gasteiger partial charge in [0.25, 0.3) is 0 Å². The topological polar surface area (TPSA) is 91.6 Å². The van der Waals surface area contributed by atoms with Gasteiger partial charge < -0.3 is 20.2 Å². The number of aliphatic hydroxyl groups is 1. The van der Waals surface area contributed by atoms with Gasteiger partial charge in [-0.15, -0.1) is 0 Å². The number of urea groups is 1. The smallest absolute Gasteiger partial charge is 0.437 e. The number of amides is 2. The number of alkyl halides is 3. The van der Waals surface area contributed by atoms with Crippen LogP contribution in [-0.2, 0) is 0 Å². The first kappa shape index (κ1) is 24.4. The van der Waals surface area contributed by atoms with Crippen LogP contribution in [0.25, 0.3) is 11.3 Å². The Morgan fingerprint density at radius 2 is 1.68 bits per heavy atom. The Morgan fingerprint density at radius 1 is 1.00 bits per heavy atom. The van der Waals surface area contributed by atoms with Crippen molar-refractivity contribution in [1.82, 2.24) is 10.6 Å². The summed E-state index contributed by atoms with van der Waals surface area (Å²) in [5, 5.41) is 15.1. The third-order valence-corrected chi connectivity index (χ3v) is 6.35. The number of carbonyl (C=O) groups excluding carboxylic acids is 2. The van der Waals surface area contributed by atoms with Gasteiger partial charge in [-0.05, 0) is 54.6 Å².